The van der Waals surface area contributed by atoms with Gasteiger partial charge in [-0.05, 0) is 32.1 Å². The number of aliphatic imine (C=N–C) groups is 1. The van der Waals surface area contributed by atoms with Gasteiger partial charge >= 0.3 is 0 Å². The first-order valence-electron chi connectivity index (χ1n) is 6.93. The third-order valence-corrected chi connectivity index (χ3v) is 4.05. The number of rotatable bonds is 4. The molecule has 0 saturated heterocycles. The molecule has 0 aromatic carbocycles. The fourth-order valence-corrected chi connectivity index (χ4v) is 2.69. The molecule has 5 heteroatoms. The van der Waals surface area contributed by atoms with Crippen LogP contribution in [0.1, 0.15) is 57.8 Å². The number of hydrogen-bond donors (Lipinski definition) is 2. The lowest BCUT2D eigenvalue weighted by atomic mass is 9.80. The molecular weight excluding hydrogens is 344 g/mol. The van der Waals surface area contributed by atoms with Crippen molar-refractivity contribution in [3.63, 3.8) is 0 Å². The number of guanidine groups is 1. The van der Waals surface area contributed by atoms with E-state index in [1.54, 1.807) is 0 Å². The molecule has 3 nitrogen and oxygen atoms in total. The second kappa shape index (κ2) is 7.50. The van der Waals surface area contributed by atoms with Gasteiger partial charge < -0.3 is 11.1 Å². The van der Waals surface area contributed by atoms with Crippen LogP contribution in [0.5, 0.6) is 0 Å². The van der Waals surface area contributed by atoms with Crippen LogP contribution < -0.4 is 11.1 Å². The molecule has 2 fully saturated rings. The smallest absolute Gasteiger partial charge is 0.188 e. The molecule has 0 unspecified atom stereocenters. The van der Waals surface area contributed by atoms with Gasteiger partial charge in [0.05, 0.1) is 0 Å². The highest BCUT2D eigenvalue weighted by molar-refractivity contribution is 14.0. The van der Waals surface area contributed by atoms with Crippen LogP contribution in [-0.4, -0.2) is 24.2 Å². The van der Waals surface area contributed by atoms with Gasteiger partial charge in [0, 0.05) is 19.0 Å². The van der Waals surface area contributed by atoms with Crippen LogP contribution in [0.4, 0.5) is 4.39 Å². The van der Waals surface area contributed by atoms with E-state index < -0.39 is 5.67 Å². The number of nitrogens with zero attached hydrogens (tertiary/aromatic N) is 1. The van der Waals surface area contributed by atoms with E-state index in [1.165, 1.54) is 32.1 Å². The molecule has 2 aliphatic carbocycles. The molecule has 0 aromatic heterocycles. The summed E-state index contributed by atoms with van der Waals surface area (Å²) in [5.74, 6) is 0.500. The fourth-order valence-electron chi connectivity index (χ4n) is 2.69. The zero-order chi connectivity index (χ0) is 12.1. The summed E-state index contributed by atoms with van der Waals surface area (Å²) >= 11 is 0. The minimum Gasteiger partial charge on any atom is -0.370 e. The summed E-state index contributed by atoms with van der Waals surface area (Å²) in [6, 6.07) is 0.482. The number of nitrogens with two attached hydrogens (primary N) is 1. The van der Waals surface area contributed by atoms with E-state index in [2.05, 4.69) is 10.3 Å². The molecule has 18 heavy (non-hydrogen) atoms. The number of halogens is 2. The molecule has 0 aliphatic heterocycles. The second-order valence-electron chi connectivity index (χ2n) is 5.50. The van der Waals surface area contributed by atoms with Crippen molar-refractivity contribution in [3.8, 4) is 0 Å². The van der Waals surface area contributed by atoms with Crippen LogP contribution in [0.25, 0.3) is 0 Å². The van der Waals surface area contributed by atoms with Crippen molar-refractivity contribution in [1.82, 2.24) is 5.32 Å². The molecule has 0 atom stereocenters. The summed E-state index contributed by atoms with van der Waals surface area (Å²) in [6.07, 6.45) is 9.22. The van der Waals surface area contributed by atoms with Crippen LogP contribution in [0.2, 0.25) is 0 Å². The third-order valence-electron chi connectivity index (χ3n) is 4.05. The minimum absolute atomic E-state index is 0. The van der Waals surface area contributed by atoms with Gasteiger partial charge in [0.2, 0.25) is 0 Å². The summed E-state index contributed by atoms with van der Waals surface area (Å²) in [4.78, 5) is 4.23. The molecular formula is C13H25FIN3. The van der Waals surface area contributed by atoms with E-state index in [1.807, 2.05) is 0 Å². The normalized spacial score (nSPS) is 23.9. The Hall–Kier alpha value is -0.0700. The van der Waals surface area contributed by atoms with Crippen molar-refractivity contribution in [2.75, 3.05) is 6.54 Å². The molecule has 2 saturated carbocycles. The number of nitrogens with one attached hydrogen (secondary N) is 1. The lowest BCUT2D eigenvalue weighted by molar-refractivity contribution is 0.0568. The quantitative estimate of drug-likeness (QED) is 0.455. The molecule has 0 amide bonds. The predicted octanol–water partition coefficient (Wildman–Crippen LogP) is 3.12. The molecule has 0 heterocycles. The molecule has 0 radical (unpaired) electrons. The molecule has 0 spiro atoms. The Morgan fingerprint density at radius 3 is 2.44 bits per heavy atom. The molecule has 3 N–H and O–H groups in total. The van der Waals surface area contributed by atoms with Gasteiger partial charge in [-0.1, -0.05) is 19.3 Å². The van der Waals surface area contributed by atoms with Gasteiger partial charge in [-0.2, -0.15) is 0 Å². The Labute approximate surface area is 126 Å². The van der Waals surface area contributed by atoms with Crippen LogP contribution in [-0.2, 0) is 0 Å². The zero-order valence-electron chi connectivity index (χ0n) is 11.0. The first-order valence-corrected chi connectivity index (χ1v) is 6.93. The fraction of sp³-hybridized carbons (Fsp3) is 0.923. The van der Waals surface area contributed by atoms with E-state index in [0.717, 1.165) is 6.42 Å². The van der Waals surface area contributed by atoms with Gasteiger partial charge in [-0.25, -0.2) is 4.39 Å². The van der Waals surface area contributed by atoms with Crippen LogP contribution >= 0.6 is 24.0 Å². The zero-order valence-corrected chi connectivity index (χ0v) is 13.3. The predicted molar refractivity (Wildman–Crippen MR) is 84.2 cm³/mol. The van der Waals surface area contributed by atoms with Gasteiger partial charge in [-0.15, -0.1) is 24.0 Å². The molecule has 106 valence electrons. The van der Waals surface area contributed by atoms with Crippen molar-refractivity contribution in [1.29, 1.82) is 0 Å². The highest BCUT2D eigenvalue weighted by Gasteiger charge is 2.36. The van der Waals surface area contributed by atoms with E-state index in [0.29, 0.717) is 37.8 Å². The van der Waals surface area contributed by atoms with Crippen molar-refractivity contribution in [3.05, 3.63) is 0 Å². The first-order chi connectivity index (χ1) is 8.18. The largest absolute Gasteiger partial charge is 0.370 e. The van der Waals surface area contributed by atoms with Crippen molar-refractivity contribution in [2.45, 2.75) is 69.5 Å². The van der Waals surface area contributed by atoms with Crippen LogP contribution in [0, 0.1) is 0 Å². The Bertz CT molecular complexity index is 273. The topological polar surface area (TPSA) is 50.4 Å². The lowest BCUT2D eigenvalue weighted by Crippen LogP contribution is -2.41. The Morgan fingerprint density at radius 1 is 1.22 bits per heavy atom. The van der Waals surface area contributed by atoms with Crippen molar-refractivity contribution >= 4 is 29.9 Å². The Morgan fingerprint density at radius 2 is 1.89 bits per heavy atom. The molecule has 0 bridgehead atoms. The Kier molecular flexibility index (Phi) is 6.66. The third kappa shape index (κ3) is 4.90. The maximum atomic E-state index is 13.7. The summed E-state index contributed by atoms with van der Waals surface area (Å²) in [7, 11) is 0. The maximum Gasteiger partial charge on any atom is 0.188 e. The second-order valence-corrected chi connectivity index (χ2v) is 5.50. The summed E-state index contributed by atoms with van der Waals surface area (Å²) in [6.45, 7) is 0.516. The minimum atomic E-state index is -0.936. The van der Waals surface area contributed by atoms with Crippen molar-refractivity contribution < 1.29 is 4.39 Å². The van der Waals surface area contributed by atoms with Crippen LogP contribution in [0.15, 0.2) is 4.99 Å². The highest BCUT2D eigenvalue weighted by atomic mass is 127. The van der Waals surface area contributed by atoms with Gasteiger partial charge in [-0.3, -0.25) is 4.99 Å². The van der Waals surface area contributed by atoms with Crippen LogP contribution in [0.3, 0.4) is 0 Å². The average Bonchev–Trinajstić information content (AvgIpc) is 2.28. The number of alkyl halides is 1. The molecule has 2 aliphatic rings. The maximum absolute atomic E-state index is 13.7. The molecule has 2 rings (SSSR count). The van der Waals surface area contributed by atoms with Gasteiger partial charge in [0.15, 0.2) is 5.96 Å². The highest BCUT2D eigenvalue weighted by Crippen LogP contribution is 2.38. The standard InChI is InChI=1S/C13H24FN3.HI/c14-13(7-4-8-13)9-10-16-12(15)17-11-5-2-1-3-6-11;/h11H,1-10H2,(H3,15,16,17);1H. The Balaban J connectivity index is 0.00000162. The number of hydrogen-bond acceptors (Lipinski definition) is 1. The first kappa shape index (κ1) is 16.0. The summed E-state index contributed by atoms with van der Waals surface area (Å²) in [5.41, 5.74) is 4.87. The van der Waals surface area contributed by atoms with E-state index >= 15 is 0 Å². The van der Waals surface area contributed by atoms with E-state index in [9.17, 15) is 4.39 Å². The SMILES string of the molecule is I.NC(=NCCC1(F)CCC1)NC1CCCCC1. The lowest BCUT2D eigenvalue weighted by Gasteiger charge is -2.33. The van der Waals surface area contributed by atoms with Crippen molar-refractivity contribution in [2.24, 2.45) is 10.7 Å². The van der Waals surface area contributed by atoms with E-state index in [-0.39, 0.29) is 24.0 Å². The summed E-state index contributed by atoms with van der Waals surface area (Å²) in [5, 5.41) is 3.25. The monoisotopic (exact) mass is 369 g/mol. The summed E-state index contributed by atoms with van der Waals surface area (Å²) < 4.78 is 13.7. The van der Waals surface area contributed by atoms with Gasteiger partial charge in [0.25, 0.3) is 0 Å². The van der Waals surface area contributed by atoms with Gasteiger partial charge in [0.1, 0.15) is 5.67 Å². The molecule has 0 aromatic rings. The average molecular weight is 369 g/mol. The van der Waals surface area contributed by atoms with E-state index in [4.69, 9.17) is 5.73 Å².